The number of benzene rings is 1. The second kappa shape index (κ2) is 5.41. The van der Waals surface area contributed by atoms with Crippen LogP contribution in [0.5, 0.6) is 5.75 Å². The summed E-state index contributed by atoms with van der Waals surface area (Å²) in [6.45, 7) is 5.02. The van der Waals surface area contributed by atoms with Gasteiger partial charge in [-0.25, -0.2) is 8.42 Å². The first kappa shape index (κ1) is 14.2. The molecule has 19 heavy (non-hydrogen) atoms. The van der Waals surface area contributed by atoms with Gasteiger partial charge in [0, 0.05) is 7.05 Å². The lowest BCUT2D eigenvalue weighted by Gasteiger charge is -2.27. The van der Waals surface area contributed by atoms with Gasteiger partial charge in [0.15, 0.2) is 0 Å². The molecule has 1 aromatic carbocycles. The predicted octanol–water partition coefficient (Wildman–Crippen LogP) is 2.43. The minimum absolute atomic E-state index is 0.173. The summed E-state index contributed by atoms with van der Waals surface area (Å²) >= 11 is 0. The Balaban J connectivity index is 2.13. The number of hydrogen-bond acceptors (Lipinski definition) is 3. The number of fused-ring (bicyclic) bond motifs is 1. The number of sulfonamides is 1. The summed E-state index contributed by atoms with van der Waals surface area (Å²) in [4.78, 5) is 0. The Labute approximate surface area is 115 Å². The van der Waals surface area contributed by atoms with E-state index in [0.29, 0.717) is 18.9 Å². The highest BCUT2D eigenvalue weighted by Gasteiger charge is 2.26. The van der Waals surface area contributed by atoms with E-state index in [-0.39, 0.29) is 5.75 Å². The second-order valence-electron chi connectivity index (χ2n) is 5.36. The number of anilines is 1. The first-order valence-electron chi connectivity index (χ1n) is 6.62. The number of rotatable bonds is 4. The van der Waals surface area contributed by atoms with E-state index in [1.807, 2.05) is 18.2 Å². The fraction of sp³-hybridized carbons (Fsp3) is 0.571. The van der Waals surface area contributed by atoms with Crippen LogP contribution in [0.15, 0.2) is 18.2 Å². The Hall–Kier alpha value is -1.23. The van der Waals surface area contributed by atoms with Crippen molar-refractivity contribution >= 4 is 15.7 Å². The highest BCUT2D eigenvalue weighted by atomic mass is 32.2. The molecule has 0 atom stereocenters. The lowest BCUT2D eigenvalue weighted by Crippen LogP contribution is -2.34. The molecular weight excluding hydrogens is 262 g/mol. The largest absolute Gasteiger partial charge is 0.494 e. The molecule has 0 saturated heterocycles. The fourth-order valence-electron chi connectivity index (χ4n) is 2.10. The van der Waals surface area contributed by atoms with Crippen molar-refractivity contribution in [2.24, 2.45) is 5.92 Å². The van der Waals surface area contributed by atoms with Gasteiger partial charge in [-0.1, -0.05) is 13.8 Å². The van der Waals surface area contributed by atoms with Gasteiger partial charge in [-0.2, -0.15) is 0 Å². The smallest absolute Gasteiger partial charge is 0.235 e. The van der Waals surface area contributed by atoms with E-state index in [9.17, 15) is 8.42 Å². The Bertz CT molecular complexity index is 552. The molecule has 1 heterocycles. The van der Waals surface area contributed by atoms with Crippen LogP contribution in [-0.4, -0.2) is 27.8 Å². The minimum atomic E-state index is -3.12. The predicted molar refractivity (Wildman–Crippen MR) is 77.3 cm³/mol. The van der Waals surface area contributed by atoms with Crippen molar-refractivity contribution < 1.29 is 13.2 Å². The first-order valence-corrected chi connectivity index (χ1v) is 8.23. The zero-order valence-corrected chi connectivity index (χ0v) is 12.5. The molecule has 1 aliphatic rings. The first-order chi connectivity index (χ1) is 8.90. The maximum absolute atomic E-state index is 11.8. The van der Waals surface area contributed by atoms with E-state index >= 15 is 0 Å². The number of ether oxygens (including phenoxy) is 1. The molecule has 0 unspecified atom stereocenters. The Morgan fingerprint density at radius 1 is 1.37 bits per heavy atom. The highest BCUT2D eigenvalue weighted by molar-refractivity contribution is 7.92. The SMILES string of the molecule is CC(C)CCOc1ccc2c(c1)CCS(=O)(=O)N2C. The molecule has 0 N–H and O–H groups in total. The molecule has 0 radical (unpaired) electrons. The van der Waals surface area contributed by atoms with Crippen LogP contribution >= 0.6 is 0 Å². The maximum atomic E-state index is 11.8. The van der Waals surface area contributed by atoms with E-state index in [4.69, 9.17) is 4.74 Å². The summed E-state index contributed by atoms with van der Waals surface area (Å²) in [5, 5.41) is 0. The van der Waals surface area contributed by atoms with Gasteiger partial charge in [-0.15, -0.1) is 0 Å². The van der Waals surface area contributed by atoms with Gasteiger partial charge in [0.1, 0.15) is 5.75 Å². The summed E-state index contributed by atoms with van der Waals surface area (Å²) in [5.41, 5.74) is 1.81. The van der Waals surface area contributed by atoms with E-state index in [0.717, 1.165) is 23.4 Å². The van der Waals surface area contributed by atoms with Gasteiger partial charge in [0.25, 0.3) is 0 Å². The summed E-state index contributed by atoms with van der Waals surface area (Å²) in [6, 6.07) is 5.63. The van der Waals surface area contributed by atoms with E-state index in [2.05, 4.69) is 13.8 Å². The molecule has 2 rings (SSSR count). The van der Waals surface area contributed by atoms with Crippen LogP contribution in [0.3, 0.4) is 0 Å². The molecular formula is C14H21NO3S. The van der Waals surface area contributed by atoms with Crippen molar-refractivity contribution in [2.75, 3.05) is 23.7 Å². The number of aryl methyl sites for hydroxylation is 1. The molecule has 4 nitrogen and oxygen atoms in total. The molecule has 1 aromatic rings. The third kappa shape index (κ3) is 3.21. The lowest BCUT2D eigenvalue weighted by molar-refractivity contribution is 0.289. The van der Waals surface area contributed by atoms with Gasteiger partial charge < -0.3 is 4.74 Å². The topological polar surface area (TPSA) is 46.6 Å². The van der Waals surface area contributed by atoms with Gasteiger partial charge in [0.2, 0.25) is 10.0 Å². The van der Waals surface area contributed by atoms with Crippen molar-refractivity contribution in [3.8, 4) is 5.75 Å². The fourth-order valence-corrected chi connectivity index (χ4v) is 3.33. The van der Waals surface area contributed by atoms with Crippen LogP contribution in [0.2, 0.25) is 0 Å². The molecule has 0 aliphatic carbocycles. The molecule has 106 valence electrons. The summed E-state index contributed by atoms with van der Waals surface area (Å²) in [6.07, 6.45) is 1.58. The zero-order chi connectivity index (χ0) is 14.0. The standard InChI is InChI=1S/C14H21NO3S/c1-11(2)6-8-18-13-4-5-14-12(10-13)7-9-19(16,17)15(14)3/h4-5,10-11H,6-9H2,1-3H3. The van der Waals surface area contributed by atoms with Gasteiger partial charge in [0.05, 0.1) is 18.0 Å². The van der Waals surface area contributed by atoms with Crippen LogP contribution in [0.25, 0.3) is 0 Å². The third-order valence-electron chi connectivity index (χ3n) is 3.40. The van der Waals surface area contributed by atoms with Crippen LogP contribution in [-0.2, 0) is 16.4 Å². The monoisotopic (exact) mass is 283 g/mol. The zero-order valence-electron chi connectivity index (χ0n) is 11.7. The quantitative estimate of drug-likeness (QED) is 0.852. The lowest BCUT2D eigenvalue weighted by atomic mass is 10.1. The molecule has 0 saturated carbocycles. The molecule has 5 heteroatoms. The maximum Gasteiger partial charge on any atom is 0.235 e. The van der Waals surface area contributed by atoms with Crippen molar-refractivity contribution in [1.29, 1.82) is 0 Å². The van der Waals surface area contributed by atoms with Crippen LogP contribution in [0.1, 0.15) is 25.8 Å². The van der Waals surface area contributed by atoms with Crippen molar-refractivity contribution in [2.45, 2.75) is 26.7 Å². The summed E-state index contributed by atoms with van der Waals surface area (Å²) < 4.78 is 30.6. The molecule has 1 aliphatic heterocycles. The van der Waals surface area contributed by atoms with Crippen molar-refractivity contribution in [3.63, 3.8) is 0 Å². The molecule has 0 amide bonds. The summed E-state index contributed by atoms with van der Waals surface area (Å²) in [7, 11) is -1.52. The number of nitrogens with zero attached hydrogens (tertiary/aromatic N) is 1. The van der Waals surface area contributed by atoms with Gasteiger partial charge in [-0.3, -0.25) is 4.31 Å². The molecule has 0 bridgehead atoms. The molecule has 0 aromatic heterocycles. The van der Waals surface area contributed by atoms with Crippen LogP contribution in [0.4, 0.5) is 5.69 Å². The second-order valence-corrected chi connectivity index (χ2v) is 7.47. The van der Waals surface area contributed by atoms with Gasteiger partial charge >= 0.3 is 0 Å². The third-order valence-corrected chi connectivity index (χ3v) is 5.15. The van der Waals surface area contributed by atoms with E-state index in [1.165, 1.54) is 4.31 Å². The van der Waals surface area contributed by atoms with Crippen LogP contribution in [0, 0.1) is 5.92 Å². The minimum Gasteiger partial charge on any atom is -0.494 e. The van der Waals surface area contributed by atoms with Crippen LogP contribution < -0.4 is 9.04 Å². The van der Waals surface area contributed by atoms with Crippen molar-refractivity contribution in [3.05, 3.63) is 23.8 Å². The van der Waals surface area contributed by atoms with E-state index in [1.54, 1.807) is 7.05 Å². The number of hydrogen-bond donors (Lipinski definition) is 0. The molecule has 0 spiro atoms. The molecule has 0 fully saturated rings. The highest BCUT2D eigenvalue weighted by Crippen LogP contribution is 2.31. The average molecular weight is 283 g/mol. The van der Waals surface area contributed by atoms with Crippen molar-refractivity contribution in [1.82, 2.24) is 0 Å². The normalized spacial score (nSPS) is 17.4. The summed E-state index contributed by atoms with van der Waals surface area (Å²) in [5.74, 6) is 1.62. The Morgan fingerprint density at radius 3 is 2.79 bits per heavy atom. The van der Waals surface area contributed by atoms with E-state index < -0.39 is 10.0 Å². The Kier molecular flexibility index (Phi) is 4.04. The Morgan fingerprint density at radius 2 is 2.11 bits per heavy atom. The van der Waals surface area contributed by atoms with Gasteiger partial charge in [-0.05, 0) is 42.5 Å². The average Bonchev–Trinajstić information content (AvgIpc) is 2.34.